The van der Waals surface area contributed by atoms with E-state index in [1.54, 1.807) is 6.07 Å². The van der Waals surface area contributed by atoms with Crippen molar-refractivity contribution in [3.63, 3.8) is 0 Å². The lowest BCUT2D eigenvalue weighted by molar-refractivity contribution is -0.139. The van der Waals surface area contributed by atoms with Crippen molar-refractivity contribution in [2.75, 3.05) is 13.2 Å². The number of hydrogen-bond acceptors (Lipinski definition) is 2. The second kappa shape index (κ2) is 7.16. The first-order valence-corrected chi connectivity index (χ1v) is 7.55. The fourth-order valence-corrected chi connectivity index (χ4v) is 2.68. The van der Waals surface area contributed by atoms with Crippen molar-refractivity contribution < 1.29 is 17.9 Å². The standard InChI is InChI=1S/C16H22F3NO/c1-2-9-20-15-5-3-4-12-6-7-13(11-14(12)15)21-10-8-16(17,18)19/h6-7,11,15,20H,2-5,8-10H2,1H3. The maximum absolute atomic E-state index is 12.1. The van der Waals surface area contributed by atoms with E-state index in [1.165, 1.54) is 11.1 Å². The van der Waals surface area contributed by atoms with Crippen molar-refractivity contribution in [3.05, 3.63) is 29.3 Å². The molecule has 2 rings (SSSR count). The highest BCUT2D eigenvalue weighted by molar-refractivity contribution is 5.39. The first kappa shape index (κ1) is 16.1. The number of fused-ring (bicyclic) bond motifs is 1. The molecule has 1 N–H and O–H groups in total. The van der Waals surface area contributed by atoms with Crippen LogP contribution in [0.2, 0.25) is 0 Å². The average Bonchev–Trinajstić information content (AvgIpc) is 2.43. The predicted octanol–water partition coefficient (Wildman–Crippen LogP) is 4.39. The van der Waals surface area contributed by atoms with E-state index in [1.807, 2.05) is 12.1 Å². The Morgan fingerprint density at radius 1 is 1.33 bits per heavy atom. The minimum absolute atomic E-state index is 0.292. The van der Waals surface area contributed by atoms with Gasteiger partial charge in [-0.1, -0.05) is 13.0 Å². The van der Waals surface area contributed by atoms with Gasteiger partial charge >= 0.3 is 6.18 Å². The van der Waals surface area contributed by atoms with Crippen molar-refractivity contribution >= 4 is 0 Å². The maximum Gasteiger partial charge on any atom is 0.392 e. The zero-order valence-corrected chi connectivity index (χ0v) is 12.3. The number of ether oxygens (including phenoxy) is 1. The van der Waals surface area contributed by atoms with Crippen LogP contribution in [0.25, 0.3) is 0 Å². The van der Waals surface area contributed by atoms with Crippen molar-refractivity contribution in [2.45, 2.75) is 51.2 Å². The third kappa shape index (κ3) is 4.92. The first-order valence-electron chi connectivity index (χ1n) is 7.55. The van der Waals surface area contributed by atoms with E-state index in [0.29, 0.717) is 11.8 Å². The van der Waals surface area contributed by atoms with Gasteiger partial charge in [0.2, 0.25) is 0 Å². The van der Waals surface area contributed by atoms with Gasteiger partial charge < -0.3 is 10.1 Å². The summed E-state index contributed by atoms with van der Waals surface area (Å²) < 4.78 is 41.7. The number of alkyl halides is 3. The van der Waals surface area contributed by atoms with Crippen LogP contribution in [-0.4, -0.2) is 19.3 Å². The van der Waals surface area contributed by atoms with E-state index < -0.39 is 12.6 Å². The van der Waals surface area contributed by atoms with E-state index in [2.05, 4.69) is 12.2 Å². The summed E-state index contributed by atoms with van der Waals surface area (Å²) in [5, 5.41) is 3.50. The Balaban J connectivity index is 2.02. The van der Waals surface area contributed by atoms with Crippen LogP contribution >= 0.6 is 0 Å². The van der Waals surface area contributed by atoms with E-state index in [4.69, 9.17) is 4.74 Å². The van der Waals surface area contributed by atoms with E-state index in [-0.39, 0.29) is 6.61 Å². The lowest BCUT2D eigenvalue weighted by Crippen LogP contribution is -2.25. The Kier molecular flexibility index (Phi) is 5.51. The van der Waals surface area contributed by atoms with E-state index in [9.17, 15) is 13.2 Å². The van der Waals surface area contributed by atoms with Crippen LogP contribution in [0.1, 0.15) is 49.8 Å². The van der Waals surface area contributed by atoms with Gasteiger partial charge in [0.05, 0.1) is 13.0 Å². The second-order valence-electron chi connectivity index (χ2n) is 5.47. The largest absolute Gasteiger partial charge is 0.493 e. The molecule has 1 unspecified atom stereocenters. The van der Waals surface area contributed by atoms with Gasteiger partial charge in [0, 0.05) is 6.04 Å². The molecule has 5 heteroatoms. The predicted molar refractivity (Wildman–Crippen MR) is 76.6 cm³/mol. The number of halogens is 3. The zero-order chi connectivity index (χ0) is 15.3. The molecule has 0 heterocycles. The molecule has 0 radical (unpaired) electrons. The van der Waals surface area contributed by atoms with Gasteiger partial charge in [-0.2, -0.15) is 13.2 Å². The monoisotopic (exact) mass is 301 g/mol. The van der Waals surface area contributed by atoms with Crippen molar-refractivity contribution in [2.24, 2.45) is 0 Å². The summed E-state index contributed by atoms with van der Waals surface area (Å²) in [7, 11) is 0. The maximum atomic E-state index is 12.1. The molecule has 0 saturated carbocycles. The molecule has 1 atom stereocenters. The third-order valence-electron chi connectivity index (χ3n) is 3.73. The number of rotatable bonds is 6. The molecule has 0 bridgehead atoms. The summed E-state index contributed by atoms with van der Waals surface area (Å²) in [5.74, 6) is 0.531. The molecule has 1 aliphatic rings. The summed E-state index contributed by atoms with van der Waals surface area (Å²) >= 11 is 0. The SMILES string of the molecule is CCCNC1CCCc2ccc(OCCC(F)(F)F)cc21. The Morgan fingerprint density at radius 2 is 2.14 bits per heavy atom. The molecule has 2 nitrogen and oxygen atoms in total. The number of nitrogens with one attached hydrogen (secondary N) is 1. The molecule has 1 aromatic carbocycles. The van der Waals surface area contributed by atoms with Crippen molar-refractivity contribution in [3.8, 4) is 5.75 Å². The fourth-order valence-electron chi connectivity index (χ4n) is 2.68. The fraction of sp³-hybridized carbons (Fsp3) is 0.625. The molecular weight excluding hydrogens is 279 g/mol. The minimum atomic E-state index is -4.17. The summed E-state index contributed by atoms with van der Waals surface area (Å²) in [6.07, 6.45) is -0.779. The normalized spacial score (nSPS) is 18.4. The molecule has 0 aromatic heterocycles. The van der Waals surface area contributed by atoms with Gasteiger partial charge in [0.25, 0.3) is 0 Å². The molecule has 0 amide bonds. The van der Waals surface area contributed by atoms with Gasteiger partial charge in [0.15, 0.2) is 0 Å². The number of benzene rings is 1. The topological polar surface area (TPSA) is 21.3 Å². The van der Waals surface area contributed by atoms with E-state index >= 15 is 0 Å². The van der Waals surface area contributed by atoms with Crippen LogP contribution in [0, 0.1) is 0 Å². The third-order valence-corrected chi connectivity index (χ3v) is 3.73. The van der Waals surface area contributed by atoms with Crippen LogP contribution in [-0.2, 0) is 6.42 Å². The lowest BCUT2D eigenvalue weighted by atomic mass is 9.87. The Morgan fingerprint density at radius 3 is 2.86 bits per heavy atom. The van der Waals surface area contributed by atoms with Crippen LogP contribution in [0.3, 0.4) is 0 Å². The highest BCUT2D eigenvalue weighted by atomic mass is 19.4. The smallest absolute Gasteiger partial charge is 0.392 e. The average molecular weight is 301 g/mol. The first-order chi connectivity index (χ1) is 9.99. The molecule has 1 aliphatic carbocycles. The molecule has 0 fully saturated rings. The molecule has 0 aliphatic heterocycles. The van der Waals surface area contributed by atoms with Crippen LogP contribution in [0.5, 0.6) is 5.75 Å². The Hall–Kier alpha value is -1.23. The van der Waals surface area contributed by atoms with Crippen LogP contribution < -0.4 is 10.1 Å². The summed E-state index contributed by atoms with van der Waals surface area (Å²) in [6.45, 7) is 2.74. The van der Waals surface area contributed by atoms with Gasteiger partial charge in [-0.15, -0.1) is 0 Å². The highest BCUT2D eigenvalue weighted by Crippen LogP contribution is 2.32. The molecule has 0 saturated heterocycles. The number of hydrogen-bond donors (Lipinski definition) is 1. The Labute approximate surface area is 123 Å². The highest BCUT2D eigenvalue weighted by Gasteiger charge is 2.27. The molecule has 21 heavy (non-hydrogen) atoms. The van der Waals surface area contributed by atoms with Gasteiger partial charge in [-0.25, -0.2) is 0 Å². The van der Waals surface area contributed by atoms with Gasteiger partial charge in [0.1, 0.15) is 5.75 Å². The molecule has 118 valence electrons. The lowest BCUT2D eigenvalue weighted by Gasteiger charge is -2.27. The number of aryl methyl sites for hydroxylation is 1. The quantitative estimate of drug-likeness (QED) is 0.841. The van der Waals surface area contributed by atoms with Crippen LogP contribution in [0.15, 0.2) is 18.2 Å². The minimum Gasteiger partial charge on any atom is -0.493 e. The van der Waals surface area contributed by atoms with Crippen LogP contribution in [0.4, 0.5) is 13.2 Å². The van der Waals surface area contributed by atoms with Crippen molar-refractivity contribution in [1.29, 1.82) is 0 Å². The Bertz CT molecular complexity index is 459. The molecule has 1 aromatic rings. The summed E-state index contributed by atoms with van der Waals surface area (Å²) in [4.78, 5) is 0. The summed E-state index contributed by atoms with van der Waals surface area (Å²) in [6, 6.07) is 5.95. The van der Waals surface area contributed by atoms with Gasteiger partial charge in [-0.3, -0.25) is 0 Å². The molecular formula is C16H22F3NO. The second-order valence-corrected chi connectivity index (χ2v) is 5.47. The zero-order valence-electron chi connectivity index (χ0n) is 12.3. The van der Waals surface area contributed by atoms with Gasteiger partial charge in [-0.05, 0) is 55.5 Å². The summed E-state index contributed by atoms with van der Waals surface area (Å²) in [5.41, 5.74) is 2.46. The molecule has 0 spiro atoms. The van der Waals surface area contributed by atoms with Crippen molar-refractivity contribution in [1.82, 2.24) is 5.32 Å². The van der Waals surface area contributed by atoms with E-state index in [0.717, 1.165) is 32.2 Å².